The van der Waals surface area contributed by atoms with E-state index in [1.54, 1.807) is 0 Å². The van der Waals surface area contributed by atoms with E-state index in [0.717, 1.165) is 5.56 Å². The Bertz CT molecular complexity index is 628. The third-order valence-corrected chi connectivity index (χ3v) is 2.97. The highest BCUT2D eigenvalue weighted by Gasteiger charge is 2.16. The molecule has 1 aromatic heterocycles. The number of non-ortho nitro benzene ring substituents is 1. The number of pyridine rings is 1. The van der Waals surface area contributed by atoms with Crippen LogP contribution in [0.15, 0.2) is 18.2 Å². The van der Waals surface area contributed by atoms with Crippen LogP contribution in [0.3, 0.4) is 0 Å². The summed E-state index contributed by atoms with van der Waals surface area (Å²) in [6, 6.07) is 4.72. The number of aromatic nitrogens is 1. The number of aryl methyl sites for hydroxylation is 1. The summed E-state index contributed by atoms with van der Waals surface area (Å²) in [5, 5.41) is 15.1. The maximum Gasteiger partial charge on any atom is 0.295 e. The van der Waals surface area contributed by atoms with Crippen LogP contribution >= 0.6 is 11.6 Å². The Balaban J connectivity index is 2.79. The van der Waals surface area contributed by atoms with Gasteiger partial charge in [0.2, 0.25) is 0 Å². The smallest absolute Gasteiger partial charge is 0.295 e. The molecule has 0 fully saturated rings. The molecule has 0 radical (unpaired) electrons. The third-order valence-electron chi connectivity index (χ3n) is 2.64. The highest BCUT2D eigenvalue weighted by atomic mass is 35.5. The number of nitro groups is 1. The number of nitro benzene ring substituents is 1. The zero-order valence-corrected chi connectivity index (χ0v) is 10.8. The third kappa shape index (κ3) is 2.09. The SMILES string of the molecule is CCNc1nc2c([N+](=O)[O-])ccc(Cl)c2cc1C. The standard InChI is InChI=1S/C12H12ClN3O2/c1-3-14-12-7(2)6-8-9(13)4-5-10(16(17)18)11(8)15-12/h4-6H,3H2,1-2H3,(H,14,15). The van der Waals surface area contributed by atoms with Gasteiger partial charge < -0.3 is 5.32 Å². The molecule has 1 heterocycles. The number of fused-ring (bicyclic) bond motifs is 1. The van der Waals surface area contributed by atoms with Crippen LogP contribution < -0.4 is 5.32 Å². The molecule has 1 aromatic carbocycles. The van der Waals surface area contributed by atoms with Gasteiger partial charge in [0.05, 0.1) is 9.95 Å². The summed E-state index contributed by atoms with van der Waals surface area (Å²) in [4.78, 5) is 14.8. The van der Waals surface area contributed by atoms with Crippen molar-refractivity contribution in [1.29, 1.82) is 0 Å². The largest absolute Gasteiger partial charge is 0.370 e. The lowest BCUT2D eigenvalue weighted by atomic mass is 10.1. The summed E-state index contributed by atoms with van der Waals surface area (Å²) in [6.07, 6.45) is 0. The second-order valence-electron chi connectivity index (χ2n) is 3.90. The number of nitrogens with one attached hydrogen (secondary N) is 1. The lowest BCUT2D eigenvalue weighted by Crippen LogP contribution is -2.03. The van der Waals surface area contributed by atoms with Crippen LogP contribution in [0.2, 0.25) is 5.02 Å². The zero-order chi connectivity index (χ0) is 13.3. The summed E-state index contributed by atoms with van der Waals surface area (Å²) in [5.74, 6) is 0.648. The van der Waals surface area contributed by atoms with E-state index in [1.165, 1.54) is 12.1 Å². The van der Waals surface area contributed by atoms with Gasteiger partial charge in [0.15, 0.2) is 5.52 Å². The van der Waals surface area contributed by atoms with Crippen LogP contribution in [0.25, 0.3) is 10.9 Å². The molecule has 0 amide bonds. The van der Waals surface area contributed by atoms with Gasteiger partial charge in [-0.25, -0.2) is 4.98 Å². The Morgan fingerprint density at radius 3 is 2.83 bits per heavy atom. The van der Waals surface area contributed by atoms with Crippen molar-refractivity contribution in [3.8, 4) is 0 Å². The molecule has 2 aromatic rings. The summed E-state index contributed by atoms with van der Waals surface area (Å²) in [5.41, 5.74) is 1.19. The van der Waals surface area contributed by atoms with Crippen LogP contribution in [0.5, 0.6) is 0 Å². The number of rotatable bonds is 3. The first-order valence-electron chi connectivity index (χ1n) is 5.52. The second kappa shape index (κ2) is 4.78. The minimum Gasteiger partial charge on any atom is -0.370 e. The van der Waals surface area contributed by atoms with Crippen molar-refractivity contribution in [3.05, 3.63) is 38.9 Å². The summed E-state index contributed by atoms with van der Waals surface area (Å²) in [6.45, 7) is 4.53. The molecule has 1 N–H and O–H groups in total. The Kier molecular flexibility index (Phi) is 3.34. The van der Waals surface area contributed by atoms with Crippen LogP contribution in [-0.4, -0.2) is 16.5 Å². The average Bonchev–Trinajstić information content (AvgIpc) is 2.31. The van der Waals surface area contributed by atoms with Crippen molar-refractivity contribution in [2.75, 3.05) is 11.9 Å². The van der Waals surface area contributed by atoms with Gasteiger partial charge >= 0.3 is 0 Å². The van der Waals surface area contributed by atoms with Crippen LogP contribution in [0.1, 0.15) is 12.5 Å². The first kappa shape index (κ1) is 12.6. The fraction of sp³-hybridized carbons (Fsp3) is 0.250. The zero-order valence-electron chi connectivity index (χ0n) is 10.0. The first-order valence-corrected chi connectivity index (χ1v) is 5.90. The Hall–Kier alpha value is -1.88. The van der Waals surface area contributed by atoms with Gasteiger partial charge in [-0.15, -0.1) is 0 Å². The monoisotopic (exact) mass is 265 g/mol. The second-order valence-corrected chi connectivity index (χ2v) is 4.31. The molecule has 0 bridgehead atoms. The van der Waals surface area contributed by atoms with Crippen molar-refractivity contribution in [3.63, 3.8) is 0 Å². The fourth-order valence-corrected chi connectivity index (χ4v) is 2.01. The molecule has 0 aliphatic carbocycles. The Morgan fingerprint density at radius 1 is 1.50 bits per heavy atom. The molecule has 0 spiro atoms. The highest BCUT2D eigenvalue weighted by molar-refractivity contribution is 6.35. The lowest BCUT2D eigenvalue weighted by molar-refractivity contribution is -0.383. The predicted molar refractivity (Wildman–Crippen MR) is 72.3 cm³/mol. The minimum atomic E-state index is -0.448. The lowest BCUT2D eigenvalue weighted by Gasteiger charge is -2.09. The number of benzene rings is 1. The molecule has 0 saturated heterocycles. The fourth-order valence-electron chi connectivity index (χ4n) is 1.81. The normalized spacial score (nSPS) is 10.6. The van der Waals surface area contributed by atoms with E-state index >= 15 is 0 Å². The van der Waals surface area contributed by atoms with E-state index in [2.05, 4.69) is 10.3 Å². The molecular formula is C12H12ClN3O2. The van der Waals surface area contributed by atoms with Gasteiger partial charge in [-0.05, 0) is 31.5 Å². The molecule has 18 heavy (non-hydrogen) atoms. The van der Waals surface area contributed by atoms with Crippen molar-refractivity contribution in [1.82, 2.24) is 4.98 Å². The molecule has 0 aliphatic heterocycles. The Labute approximate surface area is 109 Å². The molecule has 0 atom stereocenters. The van der Waals surface area contributed by atoms with E-state index in [4.69, 9.17) is 11.6 Å². The summed E-state index contributed by atoms with van der Waals surface area (Å²) >= 11 is 6.05. The van der Waals surface area contributed by atoms with Crippen LogP contribution in [0, 0.1) is 17.0 Å². The van der Waals surface area contributed by atoms with Gasteiger partial charge in [-0.1, -0.05) is 11.6 Å². The van der Waals surface area contributed by atoms with E-state index < -0.39 is 4.92 Å². The van der Waals surface area contributed by atoms with E-state index in [9.17, 15) is 10.1 Å². The quantitative estimate of drug-likeness (QED) is 0.681. The van der Waals surface area contributed by atoms with Gasteiger partial charge in [-0.3, -0.25) is 10.1 Å². The number of anilines is 1. The van der Waals surface area contributed by atoms with Crippen molar-refractivity contribution >= 4 is 34.0 Å². The van der Waals surface area contributed by atoms with Crippen molar-refractivity contribution in [2.45, 2.75) is 13.8 Å². The number of nitrogens with zero attached hydrogens (tertiary/aromatic N) is 2. The molecule has 6 heteroatoms. The van der Waals surface area contributed by atoms with E-state index in [1.807, 2.05) is 19.9 Å². The number of hydrogen-bond acceptors (Lipinski definition) is 4. The molecule has 5 nitrogen and oxygen atoms in total. The predicted octanol–water partition coefficient (Wildman–Crippen LogP) is 3.54. The number of hydrogen-bond donors (Lipinski definition) is 1. The molecule has 2 rings (SSSR count). The first-order chi connectivity index (χ1) is 8.54. The van der Waals surface area contributed by atoms with Gasteiger partial charge in [0.1, 0.15) is 5.82 Å². The molecule has 0 aliphatic rings. The summed E-state index contributed by atoms with van der Waals surface area (Å²) < 4.78 is 0. The molecular weight excluding hydrogens is 254 g/mol. The van der Waals surface area contributed by atoms with Gasteiger partial charge in [-0.2, -0.15) is 0 Å². The average molecular weight is 266 g/mol. The van der Waals surface area contributed by atoms with Gasteiger partial charge in [0.25, 0.3) is 5.69 Å². The highest BCUT2D eigenvalue weighted by Crippen LogP contribution is 2.32. The number of halogens is 1. The minimum absolute atomic E-state index is 0.0337. The maximum atomic E-state index is 11.0. The summed E-state index contributed by atoms with van der Waals surface area (Å²) in [7, 11) is 0. The van der Waals surface area contributed by atoms with Crippen LogP contribution in [0.4, 0.5) is 11.5 Å². The van der Waals surface area contributed by atoms with Crippen molar-refractivity contribution < 1.29 is 4.92 Å². The van der Waals surface area contributed by atoms with E-state index in [-0.39, 0.29) is 5.69 Å². The molecule has 0 saturated carbocycles. The van der Waals surface area contributed by atoms with Gasteiger partial charge in [0, 0.05) is 18.0 Å². The Morgan fingerprint density at radius 2 is 2.22 bits per heavy atom. The van der Waals surface area contributed by atoms with Crippen molar-refractivity contribution in [2.24, 2.45) is 0 Å². The maximum absolute atomic E-state index is 11.0. The molecule has 94 valence electrons. The van der Waals surface area contributed by atoms with E-state index in [0.29, 0.717) is 28.3 Å². The van der Waals surface area contributed by atoms with Crippen LogP contribution in [-0.2, 0) is 0 Å². The topological polar surface area (TPSA) is 68.1 Å². The molecule has 0 unspecified atom stereocenters.